The molecule has 2 nitrogen and oxygen atoms in total. The van der Waals surface area contributed by atoms with E-state index < -0.39 is 0 Å². The Bertz CT molecular complexity index is 115. The highest BCUT2D eigenvalue weighted by molar-refractivity contribution is 7.78. The van der Waals surface area contributed by atoms with Gasteiger partial charge in [-0.1, -0.05) is 0 Å². The molecule has 0 bridgehead atoms. The van der Waals surface area contributed by atoms with E-state index in [1.807, 2.05) is 0 Å². The van der Waals surface area contributed by atoms with Gasteiger partial charge in [0.15, 0.2) is 5.78 Å². The number of hydrogen-bond donors (Lipinski definition) is 0. The number of Topliss-reactive ketones (excluding diaryl/α,β-unsaturated/α-hetero) is 1. The second-order valence-electron chi connectivity index (χ2n) is 1.11. The lowest BCUT2D eigenvalue weighted by atomic mass is 10.5. The largest absolute Gasteiger partial charge is 0.298 e. The van der Waals surface area contributed by atoms with Crippen LogP contribution in [0.5, 0.6) is 0 Å². The van der Waals surface area contributed by atoms with Crippen LogP contribution in [0.15, 0.2) is 4.99 Å². The van der Waals surface area contributed by atoms with Gasteiger partial charge in [-0.15, -0.1) is 0 Å². The second kappa shape index (κ2) is 3.65. The molecular formula is C4H5NOS. The van der Waals surface area contributed by atoms with Gasteiger partial charge >= 0.3 is 0 Å². The van der Waals surface area contributed by atoms with E-state index in [-0.39, 0.29) is 12.3 Å². The minimum absolute atomic E-state index is 0.0114. The molecular weight excluding hydrogens is 110 g/mol. The summed E-state index contributed by atoms with van der Waals surface area (Å²) in [7, 11) is 0. The molecule has 0 unspecified atom stereocenters. The van der Waals surface area contributed by atoms with Crippen LogP contribution in [0.4, 0.5) is 0 Å². The first kappa shape index (κ1) is 6.47. The van der Waals surface area contributed by atoms with E-state index in [4.69, 9.17) is 0 Å². The number of thiocarbonyl (C=S) groups is 1. The molecule has 0 aliphatic carbocycles. The fraction of sp³-hybridized carbons (Fsp3) is 0.500. The maximum atomic E-state index is 10.0. The molecule has 38 valence electrons. The Labute approximate surface area is 47.2 Å². The van der Waals surface area contributed by atoms with Crippen LogP contribution in [-0.2, 0) is 4.79 Å². The fourth-order valence-electron chi connectivity index (χ4n) is 0.144. The van der Waals surface area contributed by atoms with Crippen LogP contribution in [0.2, 0.25) is 0 Å². The fourth-order valence-corrected chi connectivity index (χ4v) is 0.208. The molecule has 0 atom stereocenters. The monoisotopic (exact) mass is 115 g/mol. The number of isothiocyanates is 1. The minimum atomic E-state index is 0.0114. The molecule has 0 heterocycles. The Hall–Kier alpha value is -0.530. The summed E-state index contributed by atoms with van der Waals surface area (Å²) in [5.41, 5.74) is 0. The van der Waals surface area contributed by atoms with Crippen molar-refractivity contribution in [1.29, 1.82) is 0 Å². The lowest BCUT2D eigenvalue weighted by Crippen LogP contribution is -1.92. The molecule has 0 N–H and O–H groups in total. The molecule has 0 aliphatic rings. The van der Waals surface area contributed by atoms with Gasteiger partial charge in [0.05, 0.1) is 5.16 Å². The maximum Gasteiger partial charge on any atom is 0.151 e. The Balaban J connectivity index is 3.32. The molecule has 0 rings (SSSR count). The summed E-state index contributed by atoms with van der Waals surface area (Å²) in [5.74, 6) is 0.0114. The Kier molecular flexibility index (Phi) is 3.38. The topological polar surface area (TPSA) is 29.4 Å². The maximum absolute atomic E-state index is 10.0. The summed E-state index contributed by atoms with van der Waals surface area (Å²) in [4.78, 5) is 13.4. The highest BCUT2D eigenvalue weighted by Gasteiger charge is 1.82. The zero-order chi connectivity index (χ0) is 5.70. The third-order valence-electron chi connectivity index (χ3n) is 0.366. The van der Waals surface area contributed by atoms with Crippen molar-refractivity contribution in [3.63, 3.8) is 0 Å². The quantitative estimate of drug-likeness (QED) is 0.391. The molecule has 7 heavy (non-hydrogen) atoms. The smallest absolute Gasteiger partial charge is 0.151 e. The highest BCUT2D eigenvalue weighted by atomic mass is 32.1. The summed E-state index contributed by atoms with van der Waals surface area (Å²) >= 11 is 4.20. The third-order valence-corrected chi connectivity index (χ3v) is 0.495. The Morgan fingerprint density at radius 3 is 2.71 bits per heavy atom. The predicted octanol–water partition coefficient (Wildman–Crippen LogP) is 0.678. The first-order chi connectivity index (χ1) is 3.27. The van der Waals surface area contributed by atoms with Crippen LogP contribution < -0.4 is 0 Å². The summed E-state index contributed by atoms with van der Waals surface area (Å²) in [5, 5.41) is 2.09. The number of aliphatic imine (C=N–C) groups is 1. The second-order valence-corrected chi connectivity index (χ2v) is 1.29. The summed E-state index contributed by atoms with van der Waals surface area (Å²) < 4.78 is 0. The third kappa shape index (κ3) is 5.47. The summed E-state index contributed by atoms with van der Waals surface area (Å²) in [6.07, 6.45) is 0. The van der Waals surface area contributed by atoms with E-state index >= 15 is 0 Å². The molecule has 0 aliphatic heterocycles. The van der Waals surface area contributed by atoms with Crippen molar-refractivity contribution in [3.05, 3.63) is 0 Å². The van der Waals surface area contributed by atoms with Crippen molar-refractivity contribution in [2.75, 3.05) is 6.54 Å². The van der Waals surface area contributed by atoms with Gasteiger partial charge in [-0.05, 0) is 19.1 Å². The lowest BCUT2D eigenvalue weighted by molar-refractivity contribution is -0.115. The van der Waals surface area contributed by atoms with Crippen molar-refractivity contribution >= 4 is 23.2 Å². The number of ketones is 1. The molecule has 0 aromatic carbocycles. The van der Waals surface area contributed by atoms with E-state index in [0.717, 1.165) is 0 Å². The number of nitrogens with zero attached hydrogens (tertiary/aromatic N) is 1. The zero-order valence-electron chi connectivity index (χ0n) is 3.97. The molecule has 0 spiro atoms. The van der Waals surface area contributed by atoms with Crippen molar-refractivity contribution in [3.8, 4) is 0 Å². The van der Waals surface area contributed by atoms with E-state index in [1.165, 1.54) is 6.92 Å². The first-order valence-corrected chi connectivity index (χ1v) is 2.21. The van der Waals surface area contributed by atoms with E-state index in [2.05, 4.69) is 22.4 Å². The SMILES string of the molecule is CC(=O)CN=C=S. The number of carbonyl (C=O) groups is 1. The molecule has 0 aromatic heterocycles. The van der Waals surface area contributed by atoms with Crippen LogP contribution in [0.3, 0.4) is 0 Å². The van der Waals surface area contributed by atoms with E-state index in [0.29, 0.717) is 0 Å². The number of rotatable bonds is 2. The van der Waals surface area contributed by atoms with Crippen molar-refractivity contribution < 1.29 is 4.79 Å². The van der Waals surface area contributed by atoms with Gasteiger partial charge in [0.25, 0.3) is 0 Å². The molecule has 0 saturated carbocycles. The van der Waals surface area contributed by atoms with Gasteiger partial charge in [0.2, 0.25) is 0 Å². The Morgan fingerprint density at radius 1 is 2.00 bits per heavy atom. The van der Waals surface area contributed by atoms with Crippen LogP contribution in [0.1, 0.15) is 6.92 Å². The van der Waals surface area contributed by atoms with Crippen LogP contribution in [0.25, 0.3) is 0 Å². The van der Waals surface area contributed by atoms with Crippen molar-refractivity contribution in [1.82, 2.24) is 0 Å². The predicted molar refractivity (Wildman–Crippen MR) is 30.6 cm³/mol. The number of carbonyl (C=O) groups excluding carboxylic acids is 1. The van der Waals surface area contributed by atoms with Gasteiger partial charge in [-0.2, -0.15) is 0 Å². The lowest BCUT2D eigenvalue weighted by Gasteiger charge is -1.75. The van der Waals surface area contributed by atoms with Gasteiger partial charge in [-0.3, -0.25) is 4.79 Å². The molecule has 0 saturated heterocycles. The minimum Gasteiger partial charge on any atom is -0.298 e. The van der Waals surface area contributed by atoms with Crippen molar-refractivity contribution in [2.24, 2.45) is 4.99 Å². The Morgan fingerprint density at radius 2 is 2.57 bits per heavy atom. The van der Waals surface area contributed by atoms with E-state index in [1.54, 1.807) is 0 Å². The van der Waals surface area contributed by atoms with E-state index in [9.17, 15) is 4.79 Å². The molecule has 0 amide bonds. The van der Waals surface area contributed by atoms with Gasteiger partial charge < -0.3 is 0 Å². The summed E-state index contributed by atoms with van der Waals surface area (Å²) in [6.45, 7) is 1.62. The molecule has 0 fully saturated rings. The summed E-state index contributed by atoms with van der Waals surface area (Å²) in [6, 6.07) is 0. The van der Waals surface area contributed by atoms with Crippen LogP contribution in [0, 0.1) is 0 Å². The first-order valence-electron chi connectivity index (χ1n) is 1.80. The molecule has 3 heteroatoms. The normalized spacial score (nSPS) is 7.00. The standard InChI is InChI=1S/C4H5NOS/c1-4(6)2-5-3-7/h2H2,1H3. The van der Waals surface area contributed by atoms with Gasteiger partial charge in [-0.25, -0.2) is 4.99 Å². The average molecular weight is 115 g/mol. The highest BCUT2D eigenvalue weighted by Crippen LogP contribution is 1.67. The van der Waals surface area contributed by atoms with Gasteiger partial charge in [0, 0.05) is 0 Å². The average Bonchev–Trinajstić information content (AvgIpc) is 1.61. The van der Waals surface area contributed by atoms with Crippen LogP contribution >= 0.6 is 12.2 Å². The number of hydrogen-bond acceptors (Lipinski definition) is 3. The van der Waals surface area contributed by atoms with Crippen LogP contribution in [-0.4, -0.2) is 17.5 Å². The van der Waals surface area contributed by atoms with Gasteiger partial charge in [0.1, 0.15) is 6.54 Å². The molecule has 0 radical (unpaired) electrons. The van der Waals surface area contributed by atoms with Crippen molar-refractivity contribution in [2.45, 2.75) is 6.92 Å². The zero-order valence-corrected chi connectivity index (χ0v) is 4.79. The molecule has 0 aromatic rings.